The first kappa shape index (κ1) is 18.7. The molecule has 0 radical (unpaired) electrons. The van der Waals surface area contributed by atoms with Gasteiger partial charge in [0.15, 0.2) is 0 Å². The second-order valence-corrected chi connectivity index (χ2v) is 7.97. The first-order valence-corrected chi connectivity index (χ1v) is 10.1. The lowest BCUT2D eigenvalue weighted by Gasteiger charge is -2.02. The molecule has 0 fully saturated rings. The third kappa shape index (κ3) is 3.66. The number of aromatic nitrogens is 3. The molecule has 4 aromatic rings. The van der Waals surface area contributed by atoms with Gasteiger partial charge < -0.3 is 9.67 Å². The van der Waals surface area contributed by atoms with Gasteiger partial charge in [0.05, 0.1) is 23.0 Å². The maximum absolute atomic E-state index is 11.3. The lowest BCUT2D eigenvalue weighted by molar-refractivity contribution is 0.0696. The Morgan fingerprint density at radius 2 is 2.07 bits per heavy atom. The molecule has 5 nitrogen and oxygen atoms in total. The fourth-order valence-electron chi connectivity index (χ4n) is 3.11. The number of nitrogens with zero attached hydrogens (tertiary/aromatic N) is 3. The van der Waals surface area contributed by atoms with Crippen molar-refractivity contribution in [3.8, 4) is 5.69 Å². The summed E-state index contributed by atoms with van der Waals surface area (Å²) in [5, 5.41) is 15.4. The SMILES string of the molecule is CCCn1cc(-n2cc(Sc3cccc(C(=O)O)c3)c3ccc(Cl)cc32)cn1. The van der Waals surface area contributed by atoms with Gasteiger partial charge in [-0.25, -0.2) is 4.79 Å². The van der Waals surface area contributed by atoms with E-state index in [2.05, 4.69) is 16.6 Å². The van der Waals surface area contributed by atoms with E-state index >= 15 is 0 Å². The Hall–Kier alpha value is -2.70. The zero-order chi connectivity index (χ0) is 19.7. The molecule has 1 N–H and O–H groups in total. The van der Waals surface area contributed by atoms with Gasteiger partial charge in [-0.15, -0.1) is 0 Å². The van der Waals surface area contributed by atoms with Crippen LogP contribution in [0.25, 0.3) is 16.6 Å². The Labute approximate surface area is 171 Å². The molecule has 2 aromatic carbocycles. The molecule has 0 amide bonds. The molecule has 0 aliphatic carbocycles. The van der Waals surface area contributed by atoms with E-state index in [-0.39, 0.29) is 5.56 Å². The van der Waals surface area contributed by atoms with Crippen LogP contribution in [0.15, 0.2) is 70.8 Å². The number of aromatic carboxylic acids is 1. The Morgan fingerprint density at radius 1 is 1.21 bits per heavy atom. The molecule has 7 heteroatoms. The third-order valence-corrected chi connectivity index (χ3v) is 5.66. The molecule has 0 saturated carbocycles. The van der Waals surface area contributed by atoms with Gasteiger partial charge in [-0.3, -0.25) is 4.68 Å². The van der Waals surface area contributed by atoms with E-state index in [4.69, 9.17) is 11.6 Å². The molecule has 0 saturated heterocycles. The van der Waals surface area contributed by atoms with Crippen LogP contribution < -0.4 is 0 Å². The van der Waals surface area contributed by atoms with Crippen LogP contribution in [-0.4, -0.2) is 25.4 Å². The van der Waals surface area contributed by atoms with E-state index in [0.29, 0.717) is 5.02 Å². The molecule has 0 spiro atoms. The van der Waals surface area contributed by atoms with Crippen molar-refractivity contribution in [1.29, 1.82) is 0 Å². The predicted molar refractivity (Wildman–Crippen MR) is 112 cm³/mol. The van der Waals surface area contributed by atoms with E-state index in [0.717, 1.165) is 39.3 Å². The van der Waals surface area contributed by atoms with Crippen LogP contribution in [0, 0.1) is 0 Å². The Kier molecular flexibility index (Phi) is 5.15. The van der Waals surface area contributed by atoms with Crippen LogP contribution in [0.5, 0.6) is 0 Å². The number of carboxylic acids is 1. The molecular weight excluding hydrogens is 394 g/mol. The van der Waals surface area contributed by atoms with E-state index < -0.39 is 5.97 Å². The van der Waals surface area contributed by atoms with Crippen molar-refractivity contribution in [2.24, 2.45) is 0 Å². The molecule has 28 heavy (non-hydrogen) atoms. The average Bonchev–Trinajstić information content (AvgIpc) is 3.27. The molecule has 2 aromatic heterocycles. The number of halogens is 1. The standard InChI is InChI=1S/C21H18ClN3O2S/c1-2-8-24-12-16(11-23-24)25-13-20(18-7-6-15(22)10-19(18)25)28-17-5-3-4-14(9-17)21(26)27/h3-7,9-13H,2,8H2,1H3,(H,26,27). The fraction of sp³-hybridized carbons (Fsp3) is 0.143. The molecule has 4 rings (SSSR count). The number of benzene rings is 2. The maximum atomic E-state index is 11.3. The summed E-state index contributed by atoms with van der Waals surface area (Å²) in [4.78, 5) is 13.2. The van der Waals surface area contributed by atoms with Gasteiger partial charge in [0, 0.05) is 39.1 Å². The number of carboxylic acid groups (broad SMARTS) is 1. The Bertz CT molecular complexity index is 1170. The minimum Gasteiger partial charge on any atom is -0.478 e. The van der Waals surface area contributed by atoms with Crippen molar-refractivity contribution in [2.75, 3.05) is 0 Å². The fourth-order valence-corrected chi connectivity index (χ4v) is 4.31. The number of rotatable bonds is 6. The lowest BCUT2D eigenvalue weighted by atomic mass is 10.2. The average molecular weight is 412 g/mol. The molecule has 0 aliphatic rings. The van der Waals surface area contributed by atoms with Crippen LogP contribution in [0.2, 0.25) is 5.02 Å². The number of carbonyl (C=O) groups is 1. The third-order valence-electron chi connectivity index (χ3n) is 4.39. The molecular formula is C21H18ClN3O2S. The zero-order valence-electron chi connectivity index (χ0n) is 15.2. The minimum absolute atomic E-state index is 0.276. The molecule has 0 aliphatic heterocycles. The zero-order valence-corrected chi connectivity index (χ0v) is 16.7. The van der Waals surface area contributed by atoms with Gasteiger partial charge in [0.1, 0.15) is 0 Å². The Balaban J connectivity index is 1.79. The van der Waals surface area contributed by atoms with Crippen LogP contribution in [0.4, 0.5) is 0 Å². The summed E-state index contributed by atoms with van der Waals surface area (Å²) in [7, 11) is 0. The summed E-state index contributed by atoms with van der Waals surface area (Å²) in [6.45, 7) is 2.98. The lowest BCUT2D eigenvalue weighted by Crippen LogP contribution is -1.96. The number of hydrogen-bond donors (Lipinski definition) is 1. The smallest absolute Gasteiger partial charge is 0.335 e. The number of hydrogen-bond acceptors (Lipinski definition) is 3. The van der Waals surface area contributed by atoms with E-state index in [1.807, 2.05) is 47.5 Å². The summed E-state index contributed by atoms with van der Waals surface area (Å²) >= 11 is 7.78. The highest BCUT2D eigenvalue weighted by atomic mass is 35.5. The van der Waals surface area contributed by atoms with Gasteiger partial charge in [0.2, 0.25) is 0 Å². The highest BCUT2D eigenvalue weighted by molar-refractivity contribution is 7.99. The highest BCUT2D eigenvalue weighted by Gasteiger charge is 2.14. The van der Waals surface area contributed by atoms with Crippen molar-refractivity contribution in [3.63, 3.8) is 0 Å². The van der Waals surface area contributed by atoms with Crippen molar-refractivity contribution >= 4 is 40.2 Å². The van der Waals surface area contributed by atoms with Gasteiger partial charge in [0.25, 0.3) is 0 Å². The minimum atomic E-state index is -0.931. The quantitative estimate of drug-likeness (QED) is 0.439. The molecule has 142 valence electrons. The van der Waals surface area contributed by atoms with Gasteiger partial charge >= 0.3 is 5.97 Å². The van der Waals surface area contributed by atoms with E-state index in [1.54, 1.807) is 18.2 Å². The summed E-state index contributed by atoms with van der Waals surface area (Å²) < 4.78 is 4.00. The summed E-state index contributed by atoms with van der Waals surface area (Å²) in [6, 6.07) is 12.8. The second kappa shape index (κ2) is 7.73. The van der Waals surface area contributed by atoms with Gasteiger partial charge in [-0.05, 0) is 36.8 Å². The van der Waals surface area contributed by atoms with Crippen molar-refractivity contribution < 1.29 is 9.90 Å². The number of aryl methyl sites for hydroxylation is 1. The summed E-state index contributed by atoms with van der Waals surface area (Å²) in [5.41, 5.74) is 2.23. The van der Waals surface area contributed by atoms with E-state index in [1.165, 1.54) is 11.8 Å². The largest absolute Gasteiger partial charge is 0.478 e. The van der Waals surface area contributed by atoms with Crippen molar-refractivity contribution in [3.05, 3.63) is 71.6 Å². The van der Waals surface area contributed by atoms with Crippen LogP contribution >= 0.6 is 23.4 Å². The van der Waals surface area contributed by atoms with Crippen LogP contribution in [-0.2, 0) is 6.54 Å². The first-order chi connectivity index (χ1) is 13.5. The summed E-state index contributed by atoms with van der Waals surface area (Å²) in [6.07, 6.45) is 6.92. The number of fused-ring (bicyclic) bond motifs is 1. The van der Waals surface area contributed by atoms with Gasteiger partial charge in [-0.2, -0.15) is 5.10 Å². The highest BCUT2D eigenvalue weighted by Crippen LogP contribution is 2.37. The van der Waals surface area contributed by atoms with Crippen molar-refractivity contribution in [2.45, 2.75) is 29.7 Å². The molecule has 0 bridgehead atoms. The normalized spacial score (nSPS) is 11.2. The van der Waals surface area contributed by atoms with Gasteiger partial charge in [-0.1, -0.05) is 42.4 Å². The van der Waals surface area contributed by atoms with Crippen LogP contribution in [0.3, 0.4) is 0 Å². The summed E-state index contributed by atoms with van der Waals surface area (Å²) in [5.74, 6) is -0.931. The first-order valence-electron chi connectivity index (χ1n) is 8.90. The molecule has 0 unspecified atom stereocenters. The monoisotopic (exact) mass is 411 g/mol. The molecule has 2 heterocycles. The second-order valence-electron chi connectivity index (χ2n) is 6.42. The van der Waals surface area contributed by atoms with Crippen LogP contribution in [0.1, 0.15) is 23.7 Å². The Morgan fingerprint density at radius 3 is 2.86 bits per heavy atom. The predicted octanol–water partition coefficient (Wildman–Crippen LogP) is 5.74. The molecule has 0 atom stereocenters. The maximum Gasteiger partial charge on any atom is 0.335 e. The topological polar surface area (TPSA) is 60.0 Å². The van der Waals surface area contributed by atoms with Crippen molar-refractivity contribution in [1.82, 2.24) is 14.3 Å². The van der Waals surface area contributed by atoms with E-state index in [9.17, 15) is 9.90 Å².